The number of allylic oxidation sites excluding steroid dienone is 2. The fraction of sp³-hybridized carbons (Fsp3) is 0.176. The van der Waals surface area contributed by atoms with E-state index < -0.39 is 11.5 Å². The highest BCUT2D eigenvalue weighted by Crippen LogP contribution is 2.39. The number of rotatable bonds is 3. The minimum absolute atomic E-state index is 0.00204. The molecule has 0 unspecified atom stereocenters. The summed E-state index contributed by atoms with van der Waals surface area (Å²) in [7, 11) is 4.14. The average molecular weight is 300 g/mol. The molecule has 1 aromatic rings. The topological polar surface area (TPSA) is 73.8 Å². The van der Waals surface area contributed by atoms with E-state index in [-0.39, 0.29) is 39.5 Å². The Morgan fingerprint density at radius 2 is 1.36 bits per heavy atom. The molecule has 0 saturated carbocycles. The maximum Gasteiger partial charge on any atom is 0.126 e. The first-order valence-corrected chi connectivity index (χ1v) is 6.45. The van der Waals surface area contributed by atoms with E-state index in [1.165, 1.54) is 27.4 Å². The molecule has 0 aromatic heterocycles. The highest BCUT2D eigenvalue weighted by Gasteiger charge is 2.22. The summed E-state index contributed by atoms with van der Waals surface area (Å²) in [4.78, 5) is 0. The molecule has 116 valence electrons. The van der Waals surface area contributed by atoms with Crippen LogP contribution in [0.4, 0.5) is 0 Å². The van der Waals surface area contributed by atoms with Crippen LogP contribution >= 0.6 is 0 Å². The Morgan fingerprint density at radius 3 is 1.86 bits per heavy atom. The lowest BCUT2D eigenvalue weighted by Gasteiger charge is -2.31. The van der Waals surface area contributed by atoms with Gasteiger partial charge in [0.05, 0.1) is 21.3 Å². The molecule has 0 spiro atoms. The number of benzene rings is 1. The Morgan fingerprint density at radius 1 is 0.818 bits per heavy atom. The molecule has 0 aliphatic heterocycles. The summed E-state index contributed by atoms with van der Waals surface area (Å²) in [6.07, 6.45) is 0. The van der Waals surface area contributed by atoms with Crippen LogP contribution in [0.1, 0.15) is 11.1 Å². The van der Waals surface area contributed by atoms with Gasteiger partial charge in [-0.3, -0.25) is 0 Å². The van der Waals surface area contributed by atoms with Crippen molar-refractivity contribution in [2.75, 3.05) is 21.3 Å². The summed E-state index contributed by atoms with van der Waals surface area (Å²) in [5.41, 5.74) is 0.708. The zero-order chi connectivity index (χ0) is 16.4. The van der Waals surface area contributed by atoms with Crippen molar-refractivity contribution in [3.63, 3.8) is 0 Å². The molecule has 0 amide bonds. The molecule has 0 fully saturated rings. The van der Waals surface area contributed by atoms with Crippen LogP contribution < -0.4 is 14.9 Å². The van der Waals surface area contributed by atoms with Crippen LogP contribution in [0.2, 0.25) is 0 Å². The van der Waals surface area contributed by atoms with Crippen LogP contribution in [-0.2, 0) is 9.47 Å². The number of ether oxygens (including phenoxy) is 3. The molecule has 2 rings (SSSR count). The molecule has 1 aliphatic rings. The van der Waals surface area contributed by atoms with Gasteiger partial charge >= 0.3 is 0 Å². The van der Waals surface area contributed by atoms with Crippen LogP contribution in [0.25, 0.3) is 11.5 Å². The van der Waals surface area contributed by atoms with Gasteiger partial charge in [-0.05, 0) is 11.6 Å². The van der Waals surface area contributed by atoms with Crippen molar-refractivity contribution < 1.29 is 24.4 Å². The zero-order valence-electron chi connectivity index (χ0n) is 12.7. The largest absolute Gasteiger partial charge is 0.870 e. The summed E-state index contributed by atoms with van der Waals surface area (Å²) >= 11 is 0. The van der Waals surface area contributed by atoms with Gasteiger partial charge in [-0.1, -0.05) is 36.8 Å². The van der Waals surface area contributed by atoms with E-state index in [1.807, 2.05) is 0 Å². The predicted octanol–water partition coefficient (Wildman–Crippen LogP) is 1.17. The average Bonchev–Trinajstić information content (AvgIpc) is 2.53. The van der Waals surface area contributed by atoms with Gasteiger partial charge in [-0.25, -0.2) is 0 Å². The number of methoxy groups -OCH3 is 3. The van der Waals surface area contributed by atoms with E-state index in [0.717, 1.165) is 0 Å². The first-order chi connectivity index (χ1) is 10.5. The number of fused-ring (bicyclic) bond motifs is 1. The van der Waals surface area contributed by atoms with Crippen molar-refractivity contribution >= 4 is 11.5 Å². The highest BCUT2D eigenvalue weighted by atomic mass is 16.5. The second-order valence-corrected chi connectivity index (χ2v) is 4.56. The SMILES string of the molecule is C=C1C(=C)/C(OC)=C(/[O-])c2c(OC)cccc2/C([O-])=C\1OC. The van der Waals surface area contributed by atoms with Crippen molar-refractivity contribution in [1.29, 1.82) is 0 Å². The smallest absolute Gasteiger partial charge is 0.126 e. The van der Waals surface area contributed by atoms with Crippen molar-refractivity contribution in [3.05, 3.63) is 65.1 Å². The minimum Gasteiger partial charge on any atom is -0.870 e. The summed E-state index contributed by atoms with van der Waals surface area (Å²) in [5.74, 6) is -0.642. The summed E-state index contributed by atoms with van der Waals surface area (Å²) < 4.78 is 15.6. The van der Waals surface area contributed by atoms with E-state index >= 15 is 0 Å². The Bertz CT molecular complexity index is 710. The molecule has 1 aromatic carbocycles. The summed E-state index contributed by atoms with van der Waals surface area (Å²) in [5, 5.41) is 25.4. The fourth-order valence-electron chi connectivity index (χ4n) is 2.34. The van der Waals surface area contributed by atoms with Crippen LogP contribution in [0.5, 0.6) is 5.75 Å². The highest BCUT2D eigenvalue weighted by molar-refractivity contribution is 5.83. The van der Waals surface area contributed by atoms with Gasteiger partial charge in [0.15, 0.2) is 0 Å². The first-order valence-electron chi connectivity index (χ1n) is 6.45. The quantitative estimate of drug-likeness (QED) is 0.838. The van der Waals surface area contributed by atoms with Crippen LogP contribution in [0.3, 0.4) is 0 Å². The number of hydrogen-bond donors (Lipinski definition) is 0. The van der Waals surface area contributed by atoms with E-state index in [4.69, 9.17) is 14.2 Å². The molecule has 22 heavy (non-hydrogen) atoms. The minimum atomic E-state index is -0.482. The first kappa shape index (κ1) is 15.6. The third-order valence-corrected chi connectivity index (χ3v) is 3.45. The lowest BCUT2D eigenvalue weighted by molar-refractivity contribution is -0.252. The third-order valence-electron chi connectivity index (χ3n) is 3.45. The van der Waals surface area contributed by atoms with Gasteiger partial charge in [0.2, 0.25) is 0 Å². The van der Waals surface area contributed by atoms with Gasteiger partial charge in [0.1, 0.15) is 17.3 Å². The predicted molar refractivity (Wildman–Crippen MR) is 79.1 cm³/mol. The standard InChI is InChI=1S/C17H18O5/c1-9-10(2)17(22-5)15(19)13-11(14(18)16(9)21-4)7-6-8-12(13)20-3/h6-8,18-19H,1-2H2,3-5H3/p-2/b16-14-,17-15-. The van der Waals surface area contributed by atoms with Crippen molar-refractivity contribution in [1.82, 2.24) is 0 Å². The van der Waals surface area contributed by atoms with Crippen molar-refractivity contribution in [3.8, 4) is 5.75 Å². The summed E-state index contributed by atoms with van der Waals surface area (Å²) in [6.45, 7) is 7.57. The van der Waals surface area contributed by atoms with Crippen LogP contribution in [0, 0.1) is 0 Å². The van der Waals surface area contributed by atoms with Gasteiger partial charge in [-0.2, -0.15) is 0 Å². The second-order valence-electron chi connectivity index (χ2n) is 4.56. The van der Waals surface area contributed by atoms with E-state index in [2.05, 4.69) is 13.2 Å². The van der Waals surface area contributed by atoms with Gasteiger partial charge in [0.25, 0.3) is 0 Å². The monoisotopic (exact) mass is 300 g/mol. The molecule has 0 N–H and O–H groups in total. The molecule has 0 saturated heterocycles. The van der Waals surface area contributed by atoms with Crippen molar-refractivity contribution in [2.45, 2.75) is 0 Å². The Kier molecular flexibility index (Phi) is 4.17. The fourth-order valence-corrected chi connectivity index (χ4v) is 2.34. The molecule has 0 radical (unpaired) electrons. The van der Waals surface area contributed by atoms with Crippen LogP contribution in [-0.4, -0.2) is 21.3 Å². The normalized spacial score (nSPS) is 21.8. The molecule has 0 atom stereocenters. The molecule has 0 heterocycles. The van der Waals surface area contributed by atoms with Crippen LogP contribution in [0.15, 0.2) is 54.0 Å². The third kappa shape index (κ3) is 2.20. The van der Waals surface area contributed by atoms with Crippen molar-refractivity contribution in [2.24, 2.45) is 0 Å². The second kappa shape index (κ2) is 5.89. The molecular weight excluding hydrogens is 284 g/mol. The molecule has 5 heteroatoms. The Hall–Kier alpha value is -2.82. The lowest BCUT2D eigenvalue weighted by atomic mass is 9.93. The Balaban J connectivity index is 2.95. The summed E-state index contributed by atoms with van der Waals surface area (Å²) in [6, 6.07) is 4.76. The molecule has 0 bridgehead atoms. The number of hydrogen-bond acceptors (Lipinski definition) is 5. The van der Waals surface area contributed by atoms with E-state index in [1.54, 1.807) is 12.1 Å². The Labute approximate surface area is 129 Å². The van der Waals surface area contributed by atoms with Gasteiger partial charge < -0.3 is 24.4 Å². The lowest BCUT2D eigenvalue weighted by Crippen LogP contribution is -2.20. The molecular formula is C17H16O5-2. The van der Waals surface area contributed by atoms with Gasteiger partial charge in [-0.15, -0.1) is 0 Å². The maximum atomic E-state index is 12.8. The van der Waals surface area contributed by atoms with E-state index in [9.17, 15) is 10.2 Å². The van der Waals surface area contributed by atoms with E-state index in [0.29, 0.717) is 0 Å². The molecule has 1 aliphatic carbocycles. The maximum absolute atomic E-state index is 12.8. The zero-order valence-corrected chi connectivity index (χ0v) is 12.7. The molecule has 5 nitrogen and oxygen atoms in total. The van der Waals surface area contributed by atoms with Gasteiger partial charge in [0, 0.05) is 16.7 Å².